The minimum Gasteiger partial charge on any atom is -0.382 e. The lowest BCUT2D eigenvalue weighted by atomic mass is 10.2. The first-order chi connectivity index (χ1) is 7.22. The zero-order chi connectivity index (χ0) is 11.1. The summed E-state index contributed by atoms with van der Waals surface area (Å²) >= 11 is 0. The topological polar surface area (TPSA) is 30.5 Å². The van der Waals surface area contributed by atoms with E-state index in [9.17, 15) is 0 Å². The van der Waals surface area contributed by atoms with Gasteiger partial charge in [0.05, 0.1) is 18.8 Å². The van der Waals surface area contributed by atoms with Crippen molar-refractivity contribution in [1.82, 2.24) is 5.32 Å². The molecule has 0 aromatic rings. The minimum absolute atomic E-state index is 0.210. The van der Waals surface area contributed by atoms with Crippen molar-refractivity contribution < 1.29 is 9.47 Å². The zero-order valence-electron chi connectivity index (χ0n) is 10.3. The van der Waals surface area contributed by atoms with E-state index in [0.29, 0.717) is 12.7 Å². The highest BCUT2D eigenvalue weighted by molar-refractivity contribution is 4.80. The van der Waals surface area contributed by atoms with Crippen LogP contribution in [0, 0.1) is 0 Å². The van der Waals surface area contributed by atoms with Crippen molar-refractivity contribution in [2.75, 3.05) is 20.3 Å². The van der Waals surface area contributed by atoms with Gasteiger partial charge in [0.25, 0.3) is 0 Å². The van der Waals surface area contributed by atoms with Crippen LogP contribution in [0.25, 0.3) is 0 Å². The van der Waals surface area contributed by atoms with Gasteiger partial charge < -0.3 is 14.8 Å². The first kappa shape index (κ1) is 12.9. The average Bonchev–Trinajstić information content (AvgIpc) is 2.96. The maximum atomic E-state index is 5.76. The summed E-state index contributed by atoms with van der Waals surface area (Å²) in [7, 11) is 1.71. The van der Waals surface area contributed by atoms with E-state index < -0.39 is 0 Å². The number of nitrogens with one attached hydrogen (secondary N) is 1. The smallest absolute Gasteiger partial charge is 0.0783 e. The van der Waals surface area contributed by atoms with Gasteiger partial charge in [-0.1, -0.05) is 0 Å². The van der Waals surface area contributed by atoms with E-state index in [4.69, 9.17) is 9.47 Å². The van der Waals surface area contributed by atoms with Gasteiger partial charge in [-0.2, -0.15) is 0 Å². The molecule has 1 aliphatic carbocycles. The first-order valence-electron chi connectivity index (χ1n) is 6.10. The summed E-state index contributed by atoms with van der Waals surface area (Å²) < 4.78 is 10.8. The minimum atomic E-state index is 0.210. The fourth-order valence-corrected chi connectivity index (χ4v) is 1.72. The second kappa shape index (κ2) is 7.20. The summed E-state index contributed by atoms with van der Waals surface area (Å²) in [6.07, 6.45) is 5.64. The fraction of sp³-hybridized carbons (Fsp3) is 1.00. The molecule has 1 N–H and O–H groups in total. The molecular formula is C12H25NO2. The molecule has 0 aromatic carbocycles. The van der Waals surface area contributed by atoms with Crippen molar-refractivity contribution in [3.63, 3.8) is 0 Å². The van der Waals surface area contributed by atoms with Gasteiger partial charge in [-0.15, -0.1) is 0 Å². The third-order valence-electron chi connectivity index (χ3n) is 2.66. The number of ether oxygens (including phenoxy) is 2. The van der Waals surface area contributed by atoms with Gasteiger partial charge in [-0.25, -0.2) is 0 Å². The van der Waals surface area contributed by atoms with Crippen molar-refractivity contribution in [3.05, 3.63) is 0 Å². The standard InChI is InChI=1S/C12H25NO2/c1-10(15-11(2)9-14-3)5-4-8-13-12-6-7-12/h10-13H,4-9H2,1-3H3. The molecule has 3 nitrogen and oxygen atoms in total. The highest BCUT2D eigenvalue weighted by Crippen LogP contribution is 2.18. The Morgan fingerprint density at radius 2 is 2.00 bits per heavy atom. The third-order valence-corrected chi connectivity index (χ3v) is 2.66. The molecule has 0 radical (unpaired) electrons. The third kappa shape index (κ3) is 6.88. The average molecular weight is 215 g/mol. The monoisotopic (exact) mass is 215 g/mol. The molecule has 0 aromatic heterocycles. The SMILES string of the molecule is COCC(C)OC(C)CCCNC1CC1. The normalized spacial score (nSPS) is 20.2. The van der Waals surface area contributed by atoms with Gasteiger partial charge in [-0.3, -0.25) is 0 Å². The van der Waals surface area contributed by atoms with E-state index in [1.54, 1.807) is 7.11 Å². The van der Waals surface area contributed by atoms with E-state index in [-0.39, 0.29) is 6.10 Å². The van der Waals surface area contributed by atoms with Crippen LogP contribution < -0.4 is 5.32 Å². The molecule has 0 amide bonds. The van der Waals surface area contributed by atoms with E-state index in [0.717, 1.165) is 19.0 Å². The molecule has 3 heteroatoms. The molecule has 2 atom stereocenters. The summed E-state index contributed by atoms with van der Waals surface area (Å²) in [5, 5.41) is 3.51. The van der Waals surface area contributed by atoms with Crippen LogP contribution in [0.15, 0.2) is 0 Å². The Bertz CT molecular complexity index is 160. The lowest BCUT2D eigenvalue weighted by molar-refractivity contribution is -0.0343. The predicted octanol–water partition coefficient (Wildman–Crippen LogP) is 1.96. The summed E-state index contributed by atoms with van der Waals surface area (Å²) in [6, 6.07) is 0.827. The lowest BCUT2D eigenvalue weighted by Gasteiger charge is -2.18. The molecule has 0 spiro atoms. The van der Waals surface area contributed by atoms with Crippen LogP contribution in [0.3, 0.4) is 0 Å². The fourth-order valence-electron chi connectivity index (χ4n) is 1.72. The first-order valence-corrected chi connectivity index (χ1v) is 6.10. The maximum absolute atomic E-state index is 5.76. The number of methoxy groups -OCH3 is 1. The Balaban J connectivity index is 1.89. The Morgan fingerprint density at radius 3 is 2.60 bits per heavy atom. The predicted molar refractivity (Wildman–Crippen MR) is 62.1 cm³/mol. The van der Waals surface area contributed by atoms with Gasteiger partial charge in [0.1, 0.15) is 0 Å². The quantitative estimate of drug-likeness (QED) is 0.596. The van der Waals surface area contributed by atoms with Crippen LogP contribution in [-0.2, 0) is 9.47 Å². The van der Waals surface area contributed by atoms with E-state index in [1.807, 2.05) is 0 Å². The molecule has 15 heavy (non-hydrogen) atoms. The van der Waals surface area contributed by atoms with Gasteiger partial charge in [-0.05, 0) is 46.1 Å². The van der Waals surface area contributed by atoms with E-state index >= 15 is 0 Å². The molecule has 1 fully saturated rings. The van der Waals surface area contributed by atoms with Gasteiger partial charge in [0.2, 0.25) is 0 Å². The Kier molecular flexibility index (Phi) is 6.22. The van der Waals surface area contributed by atoms with Crippen LogP contribution in [0.2, 0.25) is 0 Å². The number of hydrogen-bond acceptors (Lipinski definition) is 3. The maximum Gasteiger partial charge on any atom is 0.0783 e. The summed E-state index contributed by atoms with van der Waals surface area (Å²) in [4.78, 5) is 0. The second-order valence-electron chi connectivity index (χ2n) is 4.58. The van der Waals surface area contributed by atoms with Crippen LogP contribution in [-0.4, -0.2) is 38.5 Å². The molecule has 0 aliphatic heterocycles. The van der Waals surface area contributed by atoms with Crippen LogP contribution in [0.5, 0.6) is 0 Å². The Morgan fingerprint density at radius 1 is 1.27 bits per heavy atom. The summed E-state index contributed by atoms with van der Waals surface area (Å²) in [5.74, 6) is 0. The largest absolute Gasteiger partial charge is 0.382 e. The van der Waals surface area contributed by atoms with Crippen molar-refractivity contribution in [1.29, 1.82) is 0 Å². The number of rotatable bonds is 9. The summed E-state index contributed by atoms with van der Waals surface area (Å²) in [6.45, 7) is 6.02. The van der Waals surface area contributed by atoms with Crippen molar-refractivity contribution in [2.24, 2.45) is 0 Å². The van der Waals surface area contributed by atoms with Crippen LogP contribution in [0.1, 0.15) is 39.5 Å². The Labute approximate surface area is 93.5 Å². The van der Waals surface area contributed by atoms with Gasteiger partial charge in [0.15, 0.2) is 0 Å². The Hall–Kier alpha value is -0.120. The highest BCUT2D eigenvalue weighted by atomic mass is 16.5. The molecule has 1 aliphatic rings. The molecular weight excluding hydrogens is 190 g/mol. The van der Waals surface area contributed by atoms with Gasteiger partial charge >= 0.3 is 0 Å². The molecule has 0 saturated heterocycles. The van der Waals surface area contributed by atoms with Crippen LogP contribution in [0.4, 0.5) is 0 Å². The van der Waals surface area contributed by atoms with Crippen molar-refractivity contribution in [3.8, 4) is 0 Å². The molecule has 90 valence electrons. The van der Waals surface area contributed by atoms with E-state index in [2.05, 4.69) is 19.2 Å². The molecule has 1 rings (SSSR count). The summed E-state index contributed by atoms with van der Waals surface area (Å²) in [5.41, 5.74) is 0. The van der Waals surface area contributed by atoms with Crippen LogP contribution >= 0.6 is 0 Å². The molecule has 0 heterocycles. The van der Waals surface area contributed by atoms with Crippen molar-refractivity contribution >= 4 is 0 Å². The number of hydrogen-bond donors (Lipinski definition) is 1. The van der Waals surface area contributed by atoms with E-state index in [1.165, 1.54) is 19.3 Å². The van der Waals surface area contributed by atoms with Gasteiger partial charge in [0, 0.05) is 13.2 Å². The molecule has 2 unspecified atom stereocenters. The lowest BCUT2D eigenvalue weighted by Crippen LogP contribution is -2.23. The highest BCUT2D eigenvalue weighted by Gasteiger charge is 2.19. The molecule has 0 bridgehead atoms. The molecule has 1 saturated carbocycles. The second-order valence-corrected chi connectivity index (χ2v) is 4.58. The zero-order valence-corrected chi connectivity index (χ0v) is 10.3. The van der Waals surface area contributed by atoms with Crippen molar-refractivity contribution in [2.45, 2.75) is 57.8 Å².